The molecule has 1 aromatic carbocycles. The van der Waals surface area contributed by atoms with Gasteiger partial charge in [0.05, 0.1) is 5.56 Å². The summed E-state index contributed by atoms with van der Waals surface area (Å²) in [5.74, 6) is -0.789. The lowest BCUT2D eigenvalue weighted by Gasteiger charge is -2.19. The third-order valence-electron chi connectivity index (χ3n) is 3.00. The van der Waals surface area contributed by atoms with Crippen molar-refractivity contribution in [3.8, 4) is 0 Å². The van der Waals surface area contributed by atoms with E-state index in [9.17, 15) is 4.79 Å². The van der Waals surface area contributed by atoms with Gasteiger partial charge in [-0.15, -0.1) is 0 Å². The van der Waals surface area contributed by atoms with Crippen LogP contribution in [0.3, 0.4) is 0 Å². The third-order valence-corrected chi connectivity index (χ3v) is 3.00. The Labute approximate surface area is 83.6 Å². The number of hydrogen-bond acceptors (Lipinski definition) is 1. The second kappa shape index (κ2) is 3.45. The molecule has 2 rings (SSSR count). The summed E-state index contributed by atoms with van der Waals surface area (Å²) in [5, 5.41) is 9.03. The first-order valence-electron chi connectivity index (χ1n) is 5.05. The highest BCUT2D eigenvalue weighted by atomic mass is 16.4. The Hall–Kier alpha value is -1.31. The summed E-state index contributed by atoms with van der Waals surface area (Å²) in [5.41, 5.74) is 4.09. The van der Waals surface area contributed by atoms with Crippen LogP contribution in [0, 0.1) is 6.92 Å². The number of aromatic carboxylic acids is 1. The molecule has 0 aliphatic heterocycles. The molecule has 0 heterocycles. The van der Waals surface area contributed by atoms with Gasteiger partial charge in [-0.3, -0.25) is 0 Å². The first-order valence-corrected chi connectivity index (χ1v) is 5.05. The van der Waals surface area contributed by atoms with Gasteiger partial charge in [-0.1, -0.05) is 6.07 Å². The van der Waals surface area contributed by atoms with E-state index < -0.39 is 5.97 Å². The fraction of sp³-hybridized carbons (Fsp3) is 0.417. The Balaban J connectivity index is 2.59. The van der Waals surface area contributed by atoms with E-state index in [0.717, 1.165) is 24.8 Å². The van der Waals surface area contributed by atoms with Gasteiger partial charge < -0.3 is 5.11 Å². The standard InChI is InChI=1S/C12H14O2/c1-8-6-7-11(12(13)14)10-5-3-2-4-9(8)10/h6-7H,2-5H2,1H3,(H,13,14). The van der Waals surface area contributed by atoms with Crippen LogP contribution in [0.2, 0.25) is 0 Å². The van der Waals surface area contributed by atoms with E-state index in [4.69, 9.17) is 5.11 Å². The fourth-order valence-corrected chi connectivity index (χ4v) is 2.25. The molecule has 74 valence electrons. The highest BCUT2D eigenvalue weighted by molar-refractivity contribution is 5.90. The number of carboxylic acids is 1. The first kappa shape index (κ1) is 9.25. The van der Waals surface area contributed by atoms with Gasteiger partial charge in [0.2, 0.25) is 0 Å². The lowest BCUT2D eigenvalue weighted by Crippen LogP contribution is -2.11. The fourth-order valence-electron chi connectivity index (χ4n) is 2.25. The number of fused-ring (bicyclic) bond motifs is 1. The predicted octanol–water partition coefficient (Wildman–Crippen LogP) is 2.57. The summed E-state index contributed by atoms with van der Waals surface area (Å²) in [6, 6.07) is 3.66. The molecule has 0 amide bonds. The molecule has 0 fully saturated rings. The Morgan fingerprint density at radius 2 is 1.86 bits per heavy atom. The van der Waals surface area contributed by atoms with Crippen molar-refractivity contribution in [2.45, 2.75) is 32.6 Å². The molecule has 0 spiro atoms. The Morgan fingerprint density at radius 1 is 1.21 bits per heavy atom. The van der Waals surface area contributed by atoms with Crippen molar-refractivity contribution in [1.82, 2.24) is 0 Å². The van der Waals surface area contributed by atoms with Gasteiger partial charge in [0.15, 0.2) is 0 Å². The zero-order valence-corrected chi connectivity index (χ0v) is 8.34. The summed E-state index contributed by atoms with van der Waals surface area (Å²) in [6.45, 7) is 2.07. The normalized spacial score (nSPS) is 14.9. The lowest BCUT2D eigenvalue weighted by molar-refractivity contribution is 0.0695. The van der Waals surface area contributed by atoms with Crippen molar-refractivity contribution in [3.63, 3.8) is 0 Å². The highest BCUT2D eigenvalue weighted by Crippen LogP contribution is 2.27. The van der Waals surface area contributed by atoms with Crippen LogP contribution in [0.1, 0.15) is 39.9 Å². The second-order valence-electron chi connectivity index (χ2n) is 3.90. The van der Waals surface area contributed by atoms with Crippen LogP contribution in [-0.4, -0.2) is 11.1 Å². The minimum atomic E-state index is -0.789. The molecule has 1 aliphatic carbocycles. The Bertz CT molecular complexity index is 380. The predicted molar refractivity (Wildman–Crippen MR) is 54.8 cm³/mol. The van der Waals surface area contributed by atoms with Crippen LogP contribution in [0.25, 0.3) is 0 Å². The monoisotopic (exact) mass is 190 g/mol. The van der Waals surface area contributed by atoms with Crippen LogP contribution in [0.15, 0.2) is 12.1 Å². The van der Waals surface area contributed by atoms with Crippen LogP contribution >= 0.6 is 0 Å². The Morgan fingerprint density at radius 3 is 2.50 bits per heavy atom. The smallest absolute Gasteiger partial charge is 0.335 e. The zero-order chi connectivity index (χ0) is 10.1. The van der Waals surface area contributed by atoms with Crippen molar-refractivity contribution in [3.05, 3.63) is 34.4 Å². The van der Waals surface area contributed by atoms with E-state index in [0.29, 0.717) is 5.56 Å². The maximum atomic E-state index is 11.0. The third kappa shape index (κ3) is 1.41. The van der Waals surface area contributed by atoms with Crippen LogP contribution in [0.4, 0.5) is 0 Å². The van der Waals surface area contributed by atoms with Gasteiger partial charge in [0.25, 0.3) is 0 Å². The van der Waals surface area contributed by atoms with E-state index >= 15 is 0 Å². The van der Waals surface area contributed by atoms with Crippen molar-refractivity contribution < 1.29 is 9.90 Å². The molecule has 0 saturated carbocycles. The average Bonchev–Trinajstić information content (AvgIpc) is 2.18. The highest BCUT2D eigenvalue weighted by Gasteiger charge is 2.18. The molecular formula is C12H14O2. The molecule has 1 aromatic rings. The van der Waals surface area contributed by atoms with Crippen LogP contribution in [0.5, 0.6) is 0 Å². The lowest BCUT2D eigenvalue weighted by atomic mass is 9.85. The summed E-state index contributed by atoms with van der Waals surface area (Å²) >= 11 is 0. The molecule has 0 bridgehead atoms. The van der Waals surface area contributed by atoms with E-state index in [2.05, 4.69) is 6.92 Å². The first-order chi connectivity index (χ1) is 6.70. The number of benzene rings is 1. The van der Waals surface area contributed by atoms with E-state index in [1.54, 1.807) is 6.07 Å². The molecule has 0 atom stereocenters. The molecule has 0 unspecified atom stereocenters. The molecule has 2 nitrogen and oxygen atoms in total. The van der Waals surface area contributed by atoms with Crippen molar-refractivity contribution in [1.29, 1.82) is 0 Å². The topological polar surface area (TPSA) is 37.3 Å². The van der Waals surface area contributed by atoms with Crippen LogP contribution in [-0.2, 0) is 12.8 Å². The quantitative estimate of drug-likeness (QED) is 0.739. The van der Waals surface area contributed by atoms with Gasteiger partial charge in [0, 0.05) is 0 Å². The van der Waals surface area contributed by atoms with Gasteiger partial charge in [-0.25, -0.2) is 4.79 Å². The summed E-state index contributed by atoms with van der Waals surface area (Å²) in [7, 11) is 0. The van der Waals surface area contributed by atoms with E-state index in [-0.39, 0.29) is 0 Å². The zero-order valence-electron chi connectivity index (χ0n) is 8.34. The van der Waals surface area contributed by atoms with Gasteiger partial charge >= 0.3 is 5.97 Å². The minimum Gasteiger partial charge on any atom is -0.478 e. The SMILES string of the molecule is Cc1ccc(C(=O)O)c2c1CCCC2. The molecule has 1 aliphatic rings. The van der Waals surface area contributed by atoms with Crippen LogP contribution < -0.4 is 0 Å². The summed E-state index contributed by atoms with van der Waals surface area (Å²) in [4.78, 5) is 11.0. The molecule has 1 N–H and O–H groups in total. The van der Waals surface area contributed by atoms with Gasteiger partial charge in [-0.2, -0.15) is 0 Å². The van der Waals surface area contributed by atoms with Crippen molar-refractivity contribution in [2.24, 2.45) is 0 Å². The molecule has 14 heavy (non-hydrogen) atoms. The van der Waals surface area contributed by atoms with E-state index in [1.165, 1.54) is 17.5 Å². The summed E-state index contributed by atoms with van der Waals surface area (Å²) in [6.07, 6.45) is 4.29. The molecule has 0 radical (unpaired) electrons. The maximum Gasteiger partial charge on any atom is 0.335 e. The second-order valence-corrected chi connectivity index (χ2v) is 3.90. The molecule has 0 aromatic heterocycles. The van der Waals surface area contributed by atoms with E-state index in [1.807, 2.05) is 6.07 Å². The number of carbonyl (C=O) groups is 1. The number of hydrogen-bond donors (Lipinski definition) is 1. The average molecular weight is 190 g/mol. The maximum absolute atomic E-state index is 11.0. The Kier molecular flexibility index (Phi) is 2.28. The largest absolute Gasteiger partial charge is 0.478 e. The summed E-state index contributed by atoms with van der Waals surface area (Å²) < 4.78 is 0. The molecule has 2 heteroatoms. The van der Waals surface area contributed by atoms with Crippen molar-refractivity contribution >= 4 is 5.97 Å². The molecular weight excluding hydrogens is 176 g/mol. The van der Waals surface area contributed by atoms with Crippen molar-refractivity contribution in [2.75, 3.05) is 0 Å². The van der Waals surface area contributed by atoms with Gasteiger partial charge in [-0.05, 0) is 55.4 Å². The number of carboxylic acid groups (broad SMARTS) is 1. The number of rotatable bonds is 1. The molecule has 0 saturated heterocycles. The number of aryl methyl sites for hydroxylation is 1. The van der Waals surface area contributed by atoms with Gasteiger partial charge in [0.1, 0.15) is 0 Å². The minimum absolute atomic E-state index is 0.505.